The van der Waals surface area contributed by atoms with Crippen LogP contribution in [0, 0.1) is 6.92 Å². The maximum atomic E-state index is 6.09. The van der Waals surface area contributed by atoms with Crippen LogP contribution in [0.5, 0.6) is 0 Å². The Labute approximate surface area is 112 Å². The Kier molecular flexibility index (Phi) is 3.15. The van der Waals surface area contributed by atoms with Crippen molar-refractivity contribution in [2.24, 2.45) is 7.05 Å². The summed E-state index contributed by atoms with van der Waals surface area (Å²) < 4.78 is 1.80. The van der Waals surface area contributed by atoms with Gasteiger partial charge in [0, 0.05) is 18.2 Å². The minimum absolute atomic E-state index is 0.0581. The van der Waals surface area contributed by atoms with Crippen LogP contribution < -0.4 is 0 Å². The van der Waals surface area contributed by atoms with E-state index in [2.05, 4.69) is 35.8 Å². The van der Waals surface area contributed by atoms with Crippen molar-refractivity contribution in [3.05, 3.63) is 28.8 Å². The number of aryl methyl sites for hydroxylation is 1. The number of halogens is 1. The van der Waals surface area contributed by atoms with Crippen LogP contribution in [0.1, 0.15) is 32.2 Å². The molecule has 0 atom stereocenters. The van der Waals surface area contributed by atoms with Gasteiger partial charge in [-0.25, -0.2) is 9.97 Å². The van der Waals surface area contributed by atoms with E-state index in [1.54, 1.807) is 10.9 Å². The average molecular weight is 265 g/mol. The summed E-state index contributed by atoms with van der Waals surface area (Å²) in [5, 5.41) is 4.67. The predicted molar refractivity (Wildman–Crippen MR) is 72.7 cm³/mol. The highest BCUT2D eigenvalue weighted by atomic mass is 35.5. The summed E-state index contributed by atoms with van der Waals surface area (Å²) in [4.78, 5) is 8.89. The van der Waals surface area contributed by atoms with Crippen LogP contribution in [-0.4, -0.2) is 19.7 Å². The molecule has 0 amide bonds. The fourth-order valence-electron chi connectivity index (χ4n) is 1.64. The van der Waals surface area contributed by atoms with E-state index in [1.165, 1.54) is 0 Å². The fraction of sp³-hybridized carbons (Fsp3) is 0.462. The number of hydrogen-bond donors (Lipinski definition) is 0. The maximum absolute atomic E-state index is 6.09. The quantitative estimate of drug-likeness (QED) is 0.743. The van der Waals surface area contributed by atoms with E-state index < -0.39 is 0 Å². The van der Waals surface area contributed by atoms with Crippen LogP contribution in [0.3, 0.4) is 0 Å². The molecule has 2 aromatic rings. The summed E-state index contributed by atoms with van der Waals surface area (Å²) in [6, 6.07) is 1.82. The third kappa shape index (κ3) is 2.38. The SMILES string of the molecule is Cc1c(-c2nc(Cl)cc(C(C)(C)C)n2)cnn1C. The molecule has 96 valence electrons. The molecule has 0 spiro atoms. The van der Waals surface area contributed by atoms with E-state index in [0.717, 1.165) is 17.0 Å². The summed E-state index contributed by atoms with van der Waals surface area (Å²) in [6.45, 7) is 8.30. The van der Waals surface area contributed by atoms with Crippen molar-refractivity contribution in [3.8, 4) is 11.4 Å². The van der Waals surface area contributed by atoms with Gasteiger partial charge in [0.25, 0.3) is 0 Å². The molecule has 0 radical (unpaired) electrons. The van der Waals surface area contributed by atoms with Crippen LogP contribution in [0.15, 0.2) is 12.3 Å². The molecule has 0 aliphatic rings. The molecule has 2 rings (SSSR count). The number of nitrogens with zero attached hydrogens (tertiary/aromatic N) is 4. The lowest BCUT2D eigenvalue weighted by Crippen LogP contribution is -2.14. The molecule has 2 heterocycles. The third-order valence-corrected chi connectivity index (χ3v) is 3.13. The molecule has 0 bridgehead atoms. The molecule has 0 N–H and O–H groups in total. The zero-order valence-electron chi connectivity index (χ0n) is 11.3. The topological polar surface area (TPSA) is 43.6 Å². The largest absolute Gasteiger partial charge is 0.272 e. The van der Waals surface area contributed by atoms with Crippen LogP contribution in [0.4, 0.5) is 0 Å². The molecule has 0 unspecified atom stereocenters. The lowest BCUT2D eigenvalue weighted by atomic mass is 9.92. The summed E-state index contributed by atoms with van der Waals surface area (Å²) in [5.74, 6) is 0.637. The fourth-order valence-corrected chi connectivity index (χ4v) is 1.82. The van der Waals surface area contributed by atoms with Crippen molar-refractivity contribution in [2.45, 2.75) is 33.1 Å². The second-order valence-electron chi connectivity index (χ2n) is 5.42. The van der Waals surface area contributed by atoms with E-state index in [0.29, 0.717) is 11.0 Å². The van der Waals surface area contributed by atoms with Gasteiger partial charge in [-0.15, -0.1) is 0 Å². The van der Waals surface area contributed by atoms with Gasteiger partial charge in [0.15, 0.2) is 5.82 Å². The minimum atomic E-state index is -0.0581. The predicted octanol–water partition coefficient (Wildman–Crippen LogP) is 3.14. The van der Waals surface area contributed by atoms with E-state index in [-0.39, 0.29) is 5.41 Å². The summed E-state index contributed by atoms with van der Waals surface area (Å²) in [5.41, 5.74) is 2.82. The van der Waals surface area contributed by atoms with Crippen molar-refractivity contribution >= 4 is 11.6 Å². The lowest BCUT2D eigenvalue weighted by Gasteiger charge is -2.18. The summed E-state index contributed by atoms with van der Waals surface area (Å²) in [6.07, 6.45) is 1.77. The van der Waals surface area contributed by atoms with E-state index in [4.69, 9.17) is 11.6 Å². The molecular weight excluding hydrogens is 248 g/mol. The van der Waals surface area contributed by atoms with Crippen LogP contribution >= 0.6 is 11.6 Å². The van der Waals surface area contributed by atoms with Crippen LogP contribution in [0.2, 0.25) is 5.15 Å². The molecule has 2 aromatic heterocycles. The second kappa shape index (κ2) is 4.35. The molecule has 5 heteroatoms. The van der Waals surface area contributed by atoms with Crippen LogP contribution in [-0.2, 0) is 12.5 Å². The van der Waals surface area contributed by atoms with Gasteiger partial charge in [0.2, 0.25) is 0 Å². The first-order valence-electron chi connectivity index (χ1n) is 5.83. The molecule has 4 nitrogen and oxygen atoms in total. The maximum Gasteiger partial charge on any atom is 0.164 e. The smallest absolute Gasteiger partial charge is 0.164 e. The Hall–Kier alpha value is -1.42. The zero-order chi connectivity index (χ0) is 13.5. The molecular formula is C13H17ClN4. The Morgan fingerprint density at radius 2 is 1.89 bits per heavy atom. The third-order valence-electron chi connectivity index (χ3n) is 2.94. The van der Waals surface area contributed by atoms with E-state index in [9.17, 15) is 0 Å². The van der Waals surface area contributed by atoms with Gasteiger partial charge in [-0.2, -0.15) is 5.10 Å². The normalized spacial score (nSPS) is 11.9. The lowest BCUT2D eigenvalue weighted by molar-refractivity contribution is 0.568. The molecule has 18 heavy (non-hydrogen) atoms. The summed E-state index contributed by atoms with van der Waals surface area (Å²) in [7, 11) is 1.90. The molecule has 0 aliphatic heterocycles. The Morgan fingerprint density at radius 1 is 1.22 bits per heavy atom. The summed E-state index contributed by atoms with van der Waals surface area (Å²) >= 11 is 6.09. The highest BCUT2D eigenvalue weighted by Gasteiger charge is 2.19. The van der Waals surface area contributed by atoms with E-state index in [1.807, 2.05) is 20.0 Å². The van der Waals surface area contributed by atoms with Gasteiger partial charge in [-0.05, 0) is 13.0 Å². The van der Waals surface area contributed by atoms with Crippen LogP contribution in [0.25, 0.3) is 11.4 Å². The standard InChI is InChI=1S/C13H17ClN4/c1-8-9(7-15-18(8)5)12-16-10(13(2,3)4)6-11(14)17-12/h6-7H,1-5H3. The highest BCUT2D eigenvalue weighted by molar-refractivity contribution is 6.29. The van der Waals surface area contributed by atoms with E-state index >= 15 is 0 Å². The van der Waals surface area contributed by atoms with Crippen molar-refractivity contribution in [2.75, 3.05) is 0 Å². The van der Waals surface area contributed by atoms with Gasteiger partial charge in [0.05, 0.1) is 17.5 Å². The van der Waals surface area contributed by atoms with Crippen molar-refractivity contribution in [3.63, 3.8) is 0 Å². The molecule has 0 fully saturated rings. The molecule has 0 aliphatic carbocycles. The van der Waals surface area contributed by atoms with Gasteiger partial charge < -0.3 is 0 Å². The van der Waals surface area contributed by atoms with Crippen molar-refractivity contribution in [1.82, 2.24) is 19.7 Å². The first kappa shape index (κ1) is 13.0. The molecule has 0 saturated heterocycles. The Bertz CT molecular complexity index is 581. The number of rotatable bonds is 1. The first-order valence-corrected chi connectivity index (χ1v) is 6.21. The van der Waals surface area contributed by atoms with Crippen molar-refractivity contribution in [1.29, 1.82) is 0 Å². The van der Waals surface area contributed by atoms with Gasteiger partial charge >= 0.3 is 0 Å². The molecule has 0 aromatic carbocycles. The highest BCUT2D eigenvalue weighted by Crippen LogP contribution is 2.26. The Balaban J connectivity index is 2.59. The Morgan fingerprint density at radius 3 is 2.39 bits per heavy atom. The van der Waals surface area contributed by atoms with Gasteiger partial charge in [0.1, 0.15) is 5.15 Å². The average Bonchev–Trinajstić information content (AvgIpc) is 2.58. The number of aromatic nitrogens is 4. The zero-order valence-corrected chi connectivity index (χ0v) is 12.1. The second-order valence-corrected chi connectivity index (χ2v) is 5.80. The van der Waals surface area contributed by atoms with Gasteiger partial charge in [-0.1, -0.05) is 32.4 Å². The minimum Gasteiger partial charge on any atom is -0.272 e. The molecule has 0 saturated carbocycles. The van der Waals surface area contributed by atoms with Gasteiger partial charge in [-0.3, -0.25) is 4.68 Å². The first-order chi connectivity index (χ1) is 8.29. The monoisotopic (exact) mass is 264 g/mol. The number of hydrogen-bond acceptors (Lipinski definition) is 3. The van der Waals surface area contributed by atoms with Crippen molar-refractivity contribution < 1.29 is 0 Å².